The van der Waals surface area contributed by atoms with Crippen molar-refractivity contribution in [2.75, 3.05) is 0 Å². The van der Waals surface area contributed by atoms with E-state index in [2.05, 4.69) is 0 Å². The number of rotatable bonds is 9. The summed E-state index contributed by atoms with van der Waals surface area (Å²) in [6, 6.07) is 24.7. The average molecular weight is 747 g/mol. The molecule has 1 atom stereocenters. The molecule has 0 spiro atoms. The lowest BCUT2D eigenvalue weighted by atomic mass is 9.84. The van der Waals surface area contributed by atoms with Crippen LogP contribution in [0.15, 0.2) is 103 Å². The Morgan fingerprint density at radius 3 is 1.43 bits per heavy atom. The molecule has 12 heteroatoms. The van der Waals surface area contributed by atoms with Crippen LogP contribution < -0.4 is 9.47 Å². The summed E-state index contributed by atoms with van der Waals surface area (Å²) in [6.07, 6.45) is 0. The van der Waals surface area contributed by atoms with Gasteiger partial charge in [0.05, 0.1) is 31.8 Å². The molecule has 0 aromatic heterocycles. The topological polar surface area (TPSA) is 86.7 Å². The molecule has 5 aromatic carbocycles. The smallest absolute Gasteiger partial charge is 0.345 e. The zero-order valence-electron chi connectivity index (χ0n) is 23.6. The number of carbonyl (C=O) groups excluding carboxylic acids is 4. The second kappa shape index (κ2) is 14.9. The second-order valence-electron chi connectivity index (χ2n) is 9.88. The molecule has 6 nitrogen and oxygen atoms in total. The lowest BCUT2D eigenvalue weighted by Crippen LogP contribution is -2.24. The Balaban J connectivity index is 1.59. The van der Waals surface area contributed by atoms with E-state index in [1.165, 1.54) is 72.8 Å². The lowest BCUT2D eigenvalue weighted by Gasteiger charge is -2.19. The molecular weight excluding hydrogens is 729 g/mol. The molecule has 0 saturated heterocycles. The minimum absolute atomic E-state index is 0.00920. The summed E-state index contributed by atoms with van der Waals surface area (Å²) in [5, 5.41) is 0.972. The predicted octanol–water partition coefficient (Wildman–Crippen LogP) is 10.9. The highest BCUT2D eigenvalue weighted by Crippen LogP contribution is 2.35. The summed E-state index contributed by atoms with van der Waals surface area (Å²) < 4.78 is 11.2. The molecule has 0 unspecified atom stereocenters. The molecule has 5 aromatic rings. The van der Waals surface area contributed by atoms with Crippen LogP contribution in [0, 0.1) is 0 Å². The number of benzene rings is 5. The first-order valence-corrected chi connectivity index (χ1v) is 15.8. The highest BCUT2D eigenvalue weighted by molar-refractivity contribution is 6.38. The highest BCUT2D eigenvalue weighted by Gasteiger charge is 2.34. The van der Waals surface area contributed by atoms with Crippen molar-refractivity contribution in [1.82, 2.24) is 0 Å². The predicted molar refractivity (Wildman–Crippen MR) is 184 cm³/mol. The number of halogens is 6. The van der Waals surface area contributed by atoms with Crippen molar-refractivity contribution in [1.29, 1.82) is 0 Å². The van der Waals surface area contributed by atoms with Crippen LogP contribution in [0.5, 0.6) is 11.5 Å². The standard InChI is InChI=1S/C35H18Cl6O6/c36-19-6-10-23(27(39)14-19)32(42)31(18-4-2-1-3-5-18)33(43)26-13-9-22(46-34(44)24-11-7-20(37)15-28(24)40)17-30(26)47-35(45)25-12-8-21(38)16-29(25)41/h1-17,31H/t31-/m1/s1. The van der Waals surface area contributed by atoms with E-state index in [1.807, 2.05) is 0 Å². The Labute approximate surface area is 298 Å². The fraction of sp³-hybridized carbons (Fsp3) is 0.0286. The van der Waals surface area contributed by atoms with Gasteiger partial charge >= 0.3 is 11.9 Å². The number of Topliss-reactive ketones (excluding diaryl/α,β-unsaturated/α-hetero) is 2. The Morgan fingerprint density at radius 2 is 0.915 bits per heavy atom. The van der Waals surface area contributed by atoms with Gasteiger partial charge in [0, 0.05) is 26.7 Å². The number of hydrogen-bond donors (Lipinski definition) is 0. The fourth-order valence-corrected chi connectivity index (χ4v) is 6.02. The minimum Gasteiger partial charge on any atom is -0.423 e. The highest BCUT2D eigenvalue weighted by atomic mass is 35.5. The SMILES string of the molecule is O=C(Oc1ccc(C(=O)[C@@H](C(=O)c2ccc(Cl)cc2Cl)c2ccccc2)c(OC(=O)c2ccc(Cl)cc2Cl)c1)c1ccc(Cl)cc1Cl. The molecule has 5 rings (SSSR count). The maximum atomic E-state index is 14.4. The average Bonchev–Trinajstić information content (AvgIpc) is 3.01. The third-order valence-electron chi connectivity index (χ3n) is 6.79. The third-order valence-corrected chi connectivity index (χ3v) is 8.43. The Hall–Kier alpha value is -3.88. The molecule has 0 saturated carbocycles. The summed E-state index contributed by atoms with van der Waals surface area (Å²) in [5.74, 6) is -5.02. The van der Waals surface area contributed by atoms with Crippen molar-refractivity contribution in [3.8, 4) is 11.5 Å². The zero-order valence-corrected chi connectivity index (χ0v) is 28.1. The van der Waals surface area contributed by atoms with Gasteiger partial charge in [0.25, 0.3) is 0 Å². The molecule has 0 radical (unpaired) electrons. The lowest BCUT2D eigenvalue weighted by molar-refractivity contribution is 0.0732. The van der Waals surface area contributed by atoms with E-state index in [0.29, 0.717) is 15.6 Å². The van der Waals surface area contributed by atoms with Gasteiger partial charge in [-0.25, -0.2) is 9.59 Å². The fourth-order valence-electron chi connectivity index (χ4n) is 4.55. The maximum absolute atomic E-state index is 14.4. The summed E-state index contributed by atoms with van der Waals surface area (Å²) in [4.78, 5) is 54.6. The molecule has 236 valence electrons. The van der Waals surface area contributed by atoms with Crippen molar-refractivity contribution >= 4 is 93.1 Å². The molecule has 0 bridgehead atoms. The van der Waals surface area contributed by atoms with E-state index in [4.69, 9.17) is 79.1 Å². The first-order chi connectivity index (χ1) is 22.4. The van der Waals surface area contributed by atoms with Crippen molar-refractivity contribution in [3.05, 3.63) is 161 Å². The Bertz CT molecular complexity index is 2050. The molecule has 0 aliphatic rings. The molecule has 0 heterocycles. The molecule has 0 aliphatic heterocycles. The van der Waals surface area contributed by atoms with Crippen molar-refractivity contribution < 1.29 is 28.7 Å². The second-order valence-corrected chi connectivity index (χ2v) is 12.4. The van der Waals surface area contributed by atoms with E-state index >= 15 is 0 Å². The van der Waals surface area contributed by atoms with Crippen LogP contribution in [0.2, 0.25) is 30.1 Å². The summed E-state index contributed by atoms with van der Waals surface area (Å²) in [7, 11) is 0. The van der Waals surface area contributed by atoms with Gasteiger partial charge in [-0.15, -0.1) is 0 Å². The van der Waals surface area contributed by atoms with Crippen LogP contribution >= 0.6 is 69.6 Å². The van der Waals surface area contributed by atoms with E-state index in [0.717, 1.165) is 0 Å². The molecule has 0 fully saturated rings. The Morgan fingerprint density at radius 1 is 0.468 bits per heavy atom. The number of ketones is 2. The number of esters is 2. The van der Waals surface area contributed by atoms with Gasteiger partial charge in [0.2, 0.25) is 0 Å². The van der Waals surface area contributed by atoms with Gasteiger partial charge in [0.15, 0.2) is 11.6 Å². The van der Waals surface area contributed by atoms with E-state index in [-0.39, 0.29) is 53.8 Å². The van der Waals surface area contributed by atoms with E-state index in [1.54, 1.807) is 30.3 Å². The normalized spacial score (nSPS) is 11.4. The minimum atomic E-state index is -1.42. The van der Waals surface area contributed by atoms with Crippen LogP contribution in [-0.4, -0.2) is 23.5 Å². The number of ether oxygens (including phenoxy) is 2. The first kappa shape index (κ1) is 34.5. The molecular formula is C35H18Cl6O6. The summed E-state index contributed by atoms with van der Waals surface area (Å²) in [5.41, 5.74) is 0.167. The van der Waals surface area contributed by atoms with Gasteiger partial charge in [0.1, 0.15) is 17.4 Å². The van der Waals surface area contributed by atoms with Crippen molar-refractivity contribution in [2.45, 2.75) is 5.92 Å². The largest absolute Gasteiger partial charge is 0.423 e. The molecule has 47 heavy (non-hydrogen) atoms. The van der Waals surface area contributed by atoms with E-state index < -0.39 is 29.4 Å². The van der Waals surface area contributed by atoms with Crippen LogP contribution in [0.25, 0.3) is 0 Å². The zero-order chi connectivity index (χ0) is 33.8. The van der Waals surface area contributed by atoms with Gasteiger partial charge in [-0.1, -0.05) is 99.9 Å². The van der Waals surface area contributed by atoms with Gasteiger partial charge in [-0.05, 0) is 72.3 Å². The molecule has 0 aliphatic carbocycles. The van der Waals surface area contributed by atoms with Gasteiger partial charge < -0.3 is 9.47 Å². The molecule has 0 N–H and O–H groups in total. The maximum Gasteiger partial charge on any atom is 0.345 e. The molecule has 0 amide bonds. The quantitative estimate of drug-likeness (QED) is 0.0646. The first-order valence-electron chi connectivity index (χ1n) is 13.5. The number of hydrogen-bond acceptors (Lipinski definition) is 6. The summed E-state index contributed by atoms with van der Waals surface area (Å²) >= 11 is 36.8. The number of carbonyl (C=O) groups is 4. The van der Waals surface area contributed by atoms with Crippen LogP contribution in [0.3, 0.4) is 0 Å². The van der Waals surface area contributed by atoms with Crippen LogP contribution in [-0.2, 0) is 0 Å². The van der Waals surface area contributed by atoms with Gasteiger partial charge in [-0.3, -0.25) is 9.59 Å². The van der Waals surface area contributed by atoms with Crippen molar-refractivity contribution in [2.24, 2.45) is 0 Å². The van der Waals surface area contributed by atoms with Crippen LogP contribution in [0.4, 0.5) is 0 Å². The Kier molecular flexibility index (Phi) is 10.9. The summed E-state index contributed by atoms with van der Waals surface area (Å²) in [6.45, 7) is 0. The van der Waals surface area contributed by atoms with E-state index in [9.17, 15) is 19.2 Å². The van der Waals surface area contributed by atoms with Gasteiger partial charge in [-0.2, -0.15) is 0 Å². The third kappa shape index (κ3) is 7.99. The van der Waals surface area contributed by atoms with Crippen LogP contribution in [0.1, 0.15) is 52.9 Å². The monoisotopic (exact) mass is 744 g/mol. The van der Waals surface area contributed by atoms with Crippen molar-refractivity contribution in [3.63, 3.8) is 0 Å².